The molecule has 0 saturated carbocycles. The number of carbonyl (C=O) groups excluding carboxylic acids is 3. The van der Waals surface area contributed by atoms with Crippen LogP contribution in [0.15, 0.2) is 30.5 Å². The van der Waals surface area contributed by atoms with E-state index in [4.69, 9.17) is 21.7 Å². The number of aryl methyl sites for hydroxylation is 2. The van der Waals surface area contributed by atoms with Crippen LogP contribution >= 0.6 is 0 Å². The number of anilines is 2. The minimum atomic E-state index is -1.57. The van der Waals surface area contributed by atoms with E-state index in [1.807, 2.05) is 0 Å². The number of aliphatic carboxylic acids is 4. The third kappa shape index (κ3) is 11.2. The second kappa shape index (κ2) is 17.0. The number of aromatic amines is 1. The Morgan fingerprint density at radius 3 is 1.71 bits per heavy atom. The highest BCUT2D eigenvalue weighted by Gasteiger charge is 2.26. The third-order valence-corrected chi connectivity index (χ3v) is 7.39. The Bertz CT molecular complexity index is 1720. The number of H-pyrrole nitrogens is 1. The number of carbonyl (C=O) groups is 7. The minimum Gasteiger partial charge on any atom is -0.481 e. The second-order valence-corrected chi connectivity index (χ2v) is 11.0. The molecule has 2 heterocycles. The summed E-state index contributed by atoms with van der Waals surface area (Å²) in [4.78, 5) is 93.9. The molecule has 0 aliphatic heterocycles. The van der Waals surface area contributed by atoms with E-state index in [0.29, 0.717) is 23.9 Å². The summed E-state index contributed by atoms with van der Waals surface area (Å²) < 4.78 is 0. The van der Waals surface area contributed by atoms with Crippen LogP contribution in [0.25, 0.3) is 11.0 Å². The molecule has 12 N–H and O–H groups in total. The van der Waals surface area contributed by atoms with Crippen molar-refractivity contribution in [1.82, 2.24) is 30.9 Å². The largest absolute Gasteiger partial charge is 0.481 e. The summed E-state index contributed by atoms with van der Waals surface area (Å²) >= 11 is 0. The van der Waals surface area contributed by atoms with Crippen LogP contribution < -0.4 is 27.4 Å². The quantitative estimate of drug-likeness (QED) is 0.0771. The molecule has 0 radical (unpaired) electrons. The van der Waals surface area contributed by atoms with E-state index < -0.39 is 91.8 Å². The minimum absolute atomic E-state index is 0.0510. The van der Waals surface area contributed by atoms with Crippen molar-refractivity contribution in [2.24, 2.45) is 0 Å². The highest BCUT2D eigenvalue weighted by molar-refractivity contribution is 5.97. The number of nitrogen functional groups attached to an aromatic ring is 2. The molecular weight excluding hydrogens is 648 g/mol. The lowest BCUT2D eigenvalue weighted by molar-refractivity contribution is -0.144. The standard InChI is InChI=1S/C30H36N8O11/c31-24-23-16(13-33-25(23)38-30(32)37-24)6-3-14-1-4-15(5-2-14)26(43)36-19(29(48)49)8-11-21(40)34-17(27(44)45)7-10-20(39)35-18(28(46)47)9-12-22(41)42/h1-2,4-5,13,17-19H,3,6-12H2,(H,34,40)(H,35,39)(H,36,43)(H,41,42)(H,44,45)(H,46,47)(H,48,49)(H5,31,32,33,37,38)/t17-,18-,19-/m0/s1. The molecular formula is C30H36N8O11. The van der Waals surface area contributed by atoms with Crippen molar-refractivity contribution >= 4 is 64.4 Å². The summed E-state index contributed by atoms with van der Waals surface area (Å²) in [6.07, 6.45) is 0.172. The number of rotatable bonds is 19. The van der Waals surface area contributed by atoms with Crippen molar-refractivity contribution in [1.29, 1.82) is 0 Å². The molecule has 0 saturated heterocycles. The fourth-order valence-corrected chi connectivity index (χ4v) is 4.81. The van der Waals surface area contributed by atoms with Crippen molar-refractivity contribution in [2.45, 2.75) is 69.5 Å². The first-order valence-electron chi connectivity index (χ1n) is 14.9. The van der Waals surface area contributed by atoms with Gasteiger partial charge in [0.2, 0.25) is 17.8 Å². The molecule has 0 fully saturated rings. The molecule has 0 unspecified atom stereocenters. The first-order valence-corrected chi connectivity index (χ1v) is 14.9. The molecule has 0 spiro atoms. The molecule has 19 heteroatoms. The molecule has 3 amide bonds. The van der Waals surface area contributed by atoms with Gasteiger partial charge in [0.05, 0.1) is 5.39 Å². The molecule has 3 rings (SSSR count). The van der Waals surface area contributed by atoms with Gasteiger partial charge in [-0.1, -0.05) is 12.1 Å². The number of nitrogens with one attached hydrogen (secondary N) is 4. The molecule has 49 heavy (non-hydrogen) atoms. The number of carboxylic acid groups (broad SMARTS) is 4. The van der Waals surface area contributed by atoms with E-state index in [1.54, 1.807) is 18.3 Å². The van der Waals surface area contributed by atoms with Crippen LogP contribution in [0.5, 0.6) is 0 Å². The monoisotopic (exact) mass is 684 g/mol. The highest BCUT2D eigenvalue weighted by atomic mass is 16.4. The van der Waals surface area contributed by atoms with Gasteiger partial charge in [0, 0.05) is 31.0 Å². The maximum atomic E-state index is 12.8. The molecule has 3 aromatic rings. The Kier molecular flexibility index (Phi) is 12.9. The summed E-state index contributed by atoms with van der Waals surface area (Å²) in [5, 5.41) is 44.2. The van der Waals surface area contributed by atoms with E-state index in [0.717, 1.165) is 11.1 Å². The number of aromatic nitrogens is 3. The number of carboxylic acids is 4. The van der Waals surface area contributed by atoms with Crippen LogP contribution in [0.4, 0.5) is 11.8 Å². The first-order chi connectivity index (χ1) is 23.1. The number of fused-ring (bicyclic) bond motifs is 1. The maximum absolute atomic E-state index is 12.8. The number of nitrogens with two attached hydrogens (primary N) is 2. The zero-order valence-electron chi connectivity index (χ0n) is 26.0. The van der Waals surface area contributed by atoms with Gasteiger partial charge >= 0.3 is 23.9 Å². The fraction of sp³-hybridized carbons (Fsp3) is 0.367. The molecule has 0 bridgehead atoms. The number of nitrogens with zero attached hydrogens (tertiary/aromatic N) is 2. The summed E-state index contributed by atoms with van der Waals surface area (Å²) in [6.45, 7) is 0. The lowest BCUT2D eigenvalue weighted by Gasteiger charge is -2.18. The normalized spacial score (nSPS) is 12.7. The second-order valence-electron chi connectivity index (χ2n) is 11.0. The Labute approximate surface area is 277 Å². The SMILES string of the molecule is Nc1nc(N)c2c(CCc3ccc(C(=O)N[C@@H](CCC(=O)N[C@@H](CCC(=O)N[C@@H](CCC(=O)O)C(=O)O)C(=O)O)C(=O)O)cc3)c[nH]c2n1. The van der Waals surface area contributed by atoms with Gasteiger partial charge in [-0.3, -0.25) is 19.2 Å². The number of amides is 3. The maximum Gasteiger partial charge on any atom is 0.326 e. The van der Waals surface area contributed by atoms with Gasteiger partial charge in [-0.2, -0.15) is 9.97 Å². The first kappa shape index (κ1) is 37.2. The molecule has 0 aliphatic carbocycles. The van der Waals surface area contributed by atoms with Gasteiger partial charge in [0.15, 0.2) is 0 Å². The number of hydrogen-bond acceptors (Lipinski definition) is 11. The van der Waals surface area contributed by atoms with E-state index >= 15 is 0 Å². The van der Waals surface area contributed by atoms with Crippen molar-refractivity contribution in [3.8, 4) is 0 Å². The van der Waals surface area contributed by atoms with Gasteiger partial charge in [0.1, 0.15) is 29.6 Å². The van der Waals surface area contributed by atoms with Crippen LogP contribution in [0.2, 0.25) is 0 Å². The number of hydrogen-bond donors (Lipinski definition) is 10. The predicted molar refractivity (Wildman–Crippen MR) is 170 cm³/mol. The average molecular weight is 685 g/mol. The lowest BCUT2D eigenvalue weighted by atomic mass is 10.0. The Balaban J connectivity index is 1.49. The van der Waals surface area contributed by atoms with Crippen LogP contribution in [-0.4, -0.2) is 95.1 Å². The average Bonchev–Trinajstić information content (AvgIpc) is 3.44. The molecule has 0 aliphatic rings. The van der Waals surface area contributed by atoms with Crippen LogP contribution in [0.1, 0.15) is 60.0 Å². The predicted octanol–water partition coefficient (Wildman–Crippen LogP) is -0.345. The van der Waals surface area contributed by atoms with Gasteiger partial charge in [-0.15, -0.1) is 0 Å². The number of benzene rings is 1. The van der Waals surface area contributed by atoms with Gasteiger partial charge in [-0.05, 0) is 55.4 Å². The molecule has 3 atom stereocenters. The summed E-state index contributed by atoms with van der Waals surface area (Å²) in [5.74, 6) is -7.82. The summed E-state index contributed by atoms with van der Waals surface area (Å²) in [6, 6.07) is 1.87. The molecule has 19 nitrogen and oxygen atoms in total. The molecule has 262 valence electrons. The Morgan fingerprint density at radius 2 is 1.20 bits per heavy atom. The van der Waals surface area contributed by atoms with Gasteiger partial charge in [0.25, 0.3) is 5.91 Å². The smallest absolute Gasteiger partial charge is 0.326 e. The van der Waals surface area contributed by atoms with E-state index in [-0.39, 0.29) is 23.8 Å². The van der Waals surface area contributed by atoms with Crippen LogP contribution in [0.3, 0.4) is 0 Å². The third-order valence-electron chi connectivity index (χ3n) is 7.39. The molecule has 2 aromatic heterocycles. The zero-order chi connectivity index (χ0) is 36.2. The van der Waals surface area contributed by atoms with Crippen LogP contribution in [0, 0.1) is 0 Å². The fourth-order valence-electron chi connectivity index (χ4n) is 4.81. The Morgan fingerprint density at radius 1 is 0.694 bits per heavy atom. The van der Waals surface area contributed by atoms with Crippen molar-refractivity contribution < 1.29 is 54.0 Å². The summed E-state index contributed by atoms with van der Waals surface area (Å²) in [5.41, 5.74) is 14.0. The van der Waals surface area contributed by atoms with E-state index in [1.165, 1.54) is 12.1 Å². The van der Waals surface area contributed by atoms with Gasteiger partial charge < -0.3 is 52.8 Å². The van der Waals surface area contributed by atoms with Crippen molar-refractivity contribution in [3.05, 3.63) is 47.2 Å². The molecule has 1 aromatic carbocycles. The topological polar surface area (TPSA) is 330 Å². The lowest BCUT2D eigenvalue weighted by Crippen LogP contribution is -2.45. The van der Waals surface area contributed by atoms with E-state index in [9.17, 15) is 43.8 Å². The Hall–Kier alpha value is -6.27. The van der Waals surface area contributed by atoms with Gasteiger partial charge in [-0.25, -0.2) is 14.4 Å². The van der Waals surface area contributed by atoms with Crippen molar-refractivity contribution in [2.75, 3.05) is 11.5 Å². The van der Waals surface area contributed by atoms with E-state index in [2.05, 4.69) is 30.9 Å². The highest BCUT2D eigenvalue weighted by Crippen LogP contribution is 2.24. The van der Waals surface area contributed by atoms with Crippen molar-refractivity contribution in [3.63, 3.8) is 0 Å². The van der Waals surface area contributed by atoms with Crippen LogP contribution in [-0.2, 0) is 41.6 Å². The zero-order valence-corrected chi connectivity index (χ0v) is 26.0. The summed E-state index contributed by atoms with van der Waals surface area (Å²) in [7, 11) is 0.